The van der Waals surface area contributed by atoms with Crippen molar-refractivity contribution in [1.29, 1.82) is 0 Å². The Balaban J connectivity index is 3.64. The van der Waals surface area contributed by atoms with Gasteiger partial charge in [0.25, 0.3) is 0 Å². The number of hydrogen-bond donors (Lipinski definition) is 3. The average Bonchev–Trinajstić information content (AvgIpc) is 2.10. The third kappa shape index (κ3) is 5.86. The van der Waals surface area contributed by atoms with Gasteiger partial charge < -0.3 is 15.7 Å². The van der Waals surface area contributed by atoms with E-state index >= 15 is 0 Å². The van der Waals surface area contributed by atoms with Crippen LogP contribution in [-0.2, 0) is 9.59 Å². The van der Waals surface area contributed by atoms with E-state index in [0.29, 0.717) is 6.54 Å². The summed E-state index contributed by atoms with van der Waals surface area (Å²) >= 11 is 0. The minimum absolute atomic E-state index is 0.122. The predicted molar refractivity (Wildman–Crippen MR) is 48.3 cm³/mol. The maximum absolute atomic E-state index is 10.9. The molecule has 0 bridgehead atoms. The summed E-state index contributed by atoms with van der Waals surface area (Å²) in [5.74, 6) is -1.11. The second-order valence-corrected chi connectivity index (χ2v) is 2.48. The first-order valence-electron chi connectivity index (χ1n) is 3.92. The van der Waals surface area contributed by atoms with Crippen molar-refractivity contribution in [1.82, 2.24) is 10.6 Å². The zero-order chi connectivity index (χ0) is 10.3. The summed E-state index contributed by atoms with van der Waals surface area (Å²) in [4.78, 5) is 21.0. The van der Waals surface area contributed by atoms with Gasteiger partial charge in [0.15, 0.2) is 0 Å². The maximum atomic E-state index is 10.9. The van der Waals surface area contributed by atoms with Crippen LogP contribution in [0.2, 0.25) is 0 Å². The molecule has 0 saturated carbocycles. The van der Waals surface area contributed by atoms with E-state index in [1.54, 1.807) is 14.0 Å². The van der Waals surface area contributed by atoms with E-state index in [0.717, 1.165) is 6.08 Å². The van der Waals surface area contributed by atoms with E-state index in [-0.39, 0.29) is 11.9 Å². The fraction of sp³-hybridized carbons (Fsp3) is 0.500. The van der Waals surface area contributed by atoms with Crippen LogP contribution in [0.5, 0.6) is 0 Å². The lowest BCUT2D eigenvalue weighted by Crippen LogP contribution is -2.40. The summed E-state index contributed by atoms with van der Waals surface area (Å²) < 4.78 is 0. The highest BCUT2D eigenvalue weighted by Gasteiger charge is 2.07. The van der Waals surface area contributed by atoms with Gasteiger partial charge in [-0.2, -0.15) is 0 Å². The molecule has 74 valence electrons. The van der Waals surface area contributed by atoms with E-state index in [1.807, 2.05) is 0 Å². The molecule has 13 heavy (non-hydrogen) atoms. The number of hydrogen-bond acceptors (Lipinski definition) is 3. The van der Waals surface area contributed by atoms with Gasteiger partial charge in [-0.05, 0) is 6.92 Å². The van der Waals surface area contributed by atoms with Crippen LogP contribution in [0, 0.1) is 0 Å². The van der Waals surface area contributed by atoms with Crippen molar-refractivity contribution in [2.24, 2.45) is 0 Å². The first-order valence-corrected chi connectivity index (χ1v) is 3.92. The molecule has 1 amide bonds. The van der Waals surface area contributed by atoms with E-state index in [1.165, 1.54) is 6.08 Å². The van der Waals surface area contributed by atoms with Crippen LogP contribution >= 0.6 is 0 Å². The first kappa shape index (κ1) is 11.6. The van der Waals surface area contributed by atoms with Crippen molar-refractivity contribution in [3.05, 3.63) is 12.2 Å². The molecule has 0 spiro atoms. The number of amides is 1. The molecule has 0 saturated heterocycles. The summed E-state index contributed by atoms with van der Waals surface area (Å²) in [5.41, 5.74) is 0. The Labute approximate surface area is 76.8 Å². The van der Waals surface area contributed by atoms with Crippen LogP contribution in [0.4, 0.5) is 0 Å². The molecule has 5 heteroatoms. The minimum atomic E-state index is -0.991. The number of carboxylic acid groups (broad SMARTS) is 1. The highest BCUT2D eigenvalue weighted by Crippen LogP contribution is 1.80. The lowest BCUT2D eigenvalue weighted by atomic mass is 10.3. The monoisotopic (exact) mass is 186 g/mol. The largest absolute Gasteiger partial charge is 0.478 e. The Bertz CT molecular complexity index is 213. The lowest BCUT2D eigenvalue weighted by molar-refractivity contribution is -0.131. The number of carbonyl (C=O) groups is 2. The van der Waals surface area contributed by atoms with Crippen LogP contribution in [-0.4, -0.2) is 36.6 Å². The second kappa shape index (κ2) is 6.19. The summed E-state index contributed by atoms with van der Waals surface area (Å²) in [5, 5.41) is 13.5. The van der Waals surface area contributed by atoms with Gasteiger partial charge in [-0.1, -0.05) is 6.08 Å². The Morgan fingerprint density at radius 2 is 2.15 bits per heavy atom. The summed E-state index contributed by atoms with van der Waals surface area (Å²) in [6, 6.07) is -0.316. The van der Waals surface area contributed by atoms with Gasteiger partial charge in [0.1, 0.15) is 0 Å². The van der Waals surface area contributed by atoms with Gasteiger partial charge in [-0.15, -0.1) is 0 Å². The summed E-state index contributed by atoms with van der Waals surface area (Å²) in [7, 11) is 1.55. The Kier molecular flexibility index (Phi) is 5.54. The van der Waals surface area contributed by atoms with Gasteiger partial charge in [0.05, 0.1) is 6.04 Å². The fourth-order valence-corrected chi connectivity index (χ4v) is 0.714. The van der Waals surface area contributed by atoms with Crippen LogP contribution < -0.4 is 10.6 Å². The van der Waals surface area contributed by atoms with Crippen LogP contribution in [0.3, 0.4) is 0 Å². The topological polar surface area (TPSA) is 78.4 Å². The number of aliphatic carboxylic acids is 1. The first-order chi connectivity index (χ1) is 6.07. The van der Waals surface area contributed by atoms with Gasteiger partial charge in [-0.3, -0.25) is 4.79 Å². The molecule has 0 rings (SSSR count). The molecule has 0 aromatic rings. The molecule has 1 unspecified atom stereocenters. The molecule has 3 N–H and O–H groups in total. The SMILES string of the molecule is CNC(=O)C(C)NC/C=C/C(=O)O. The van der Waals surface area contributed by atoms with Crippen molar-refractivity contribution in [3.8, 4) is 0 Å². The van der Waals surface area contributed by atoms with Crippen molar-refractivity contribution in [2.45, 2.75) is 13.0 Å². The van der Waals surface area contributed by atoms with Crippen LogP contribution in [0.25, 0.3) is 0 Å². The molecular formula is C8H14N2O3. The van der Waals surface area contributed by atoms with E-state index in [4.69, 9.17) is 5.11 Å². The molecule has 0 aliphatic heterocycles. The lowest BCUT2D eigenvalue weighted by Gasteiger charge is -2.09. The van der Waals surface area contributed by atoms with Gasteiger partial charge in [-0.25, -0.2) is 4.79 Å². The number of carbonyl (C=O) groups excluding carboxylic acids is 1. The maximum Gasteiger partial charge on any atom is 0.328 e. The number of carboxylic acids is 1. The van der Waals surface area contributed by atoms with Crippen LogP contribution in [0.1, 0.15) is 6.92 Å². The smallest absolute Gasteiger partial charge is 0.328 e. The van der Waals surface area contributed by atoms with E-state index < -0.39 is 5.97 Å². The molecule has 0 aliphatic carbocycles. The summed E-state index contributed by atoms with van der Waals surface area (Å²) in [6.07, 6.45) is 2.48. The quantitative estimate of drug-likeness (QED) is 0.499. The van der Waals surface area contributed by atoms with E-state index in [2.05, 4.69) is 10.6 Å². The minimum Gasteiger partial charge on any atom is -0.478 e. The highest BCUT2D eigenvalue weighted by molar-refractivity contribution is 5.81. The van der Waals surface area contributed by atoms with Gasteiger partial charge >= 0.3 is 5.97 Å². The zero-order valence-corrected chi connectivity index (χ0v) is 7.70. The molecule has 0 fully saturated rings. The standard InChI is InChI=1S/C8H14N2O3/c1-6(8(13)9-2)10-5-3-4-7(11)12/h3-4,6,10H,5H2,1-2H3,(H,9,13)(H,11,12)/b4-3+. The Hall–Kier alpha value is -1.36. The van der Waals surface area contributed by atoms with Crippen molar-refractivity contribution < 1.29 is 14.7 Å². The average molecular weight is 186 g/mol. The van der Waals surface area contributed by atoms with Crippen molar-refractivity contribution >= 4 is 11.9 Å². The third-order valence-electron chi connectivity index (χ3n) is 1.44. The fourth-order valence-electron chi connectivity index (χ4n) is 0.714. The highest BCUT2D eigenvalue weighted by atomic mass is 16.4. The molecule has 0 heterocycles. The van der Waals surface area contributed by atoms with Gasteiger partial charge in [0.2, 0.25) is 5.91 Å². The Morgan fingerprint density at radius 3 is 2.62 bits per heavy atom. The second-order valence-electron chi connectivity index (χ2n) is 2.48. The molecule has 5 nitrogen and oxygen atoms in total. The van der Waals surface area contributed by atoms with Crippen LogP contribution in [0.15, 0.2) is 12.2 Å². The Morgan fingerprint density at radius 1 is 1.54 bits per heavy atom. The molecule has 0 aliphatic rings. The zero-order valence-electron chi connectivity index (χ0n) is 7.70. The molecule has 0 aromatic heterocycles. The number of nitrogens with one attached hydrogen (secondary N) is 2. The van der Waals surface area contributed by atoms with Crippen molar-refractivity contribution in [3.63, 3.8) is 0 Å². The number of rotatable bonds is 5. The summed E-state index contributed by atoms with van der Waals surface area (Å²) in [6.45, 7) is 2.06. The molecule has 0 radical (unpaired) electrons. The van der Waals surface area contributed by atoms with E-state index in [9.17, 15) is 9.59 Å². The normalized spacial score (nSPS) is 12.8. The molecule has 0 aromatic carbocycles. The number of likely N-dealkylation sites (N-methyl/N-ethyl adjacent to an activating group) is 1. The predicted octanol–water partition coefficient (Wildman–Crippen LogP) is -0.649. The third-order valence-corrected chi connectivity index (χ3v) is 1.44. The molecular weight excluding hydrogens is 172 g/mol. The molecule has 1 atom stereocenters. The van der Waals surface area contributed by atoms with Gasteiger partial charge in [0, 0.05) is 19.7 Å². The van der Waals surface area contributed by atoms with Crippen molar-refractivity contribution in [2.75, 3.05) is 13.6 Å².